The van der Waals surface area contributed by atoms with Gasteiger partial charge in [0.25, 0.3) is 0 Å². The van der Waals surface area contributed by atoms with Gasteiger partial charge in [-0.15, -0.1) is 0 Å². The minimum Gasteiger partial charge on any atom is -0.387 e. The van der Waals surface area contributed by atoms with Crippen molar-refractivity contribution in [2.45, 2.75) is 19.6 Å². The summed E-state index contributed by atoms with van der Waals surface area (Å²) in [6.45, 7) is 3.47. The minimum atomic E-state index is -0.566. The molecule has 0 bridgehead atoms. The van der Waals surface area contributed by atoms with Crippen LogP contribution < -0.4 is 11.1 Å². The van der Waals surface area contributed by atoms with Gasteiger partial charge >= 0.3 is 0 Å². The van der Waals surface area contributed by atoms with Gasteiger partial charge < -0.3 is 21.1 Å². The molecular weight excluding hydrogens is 254 g/mol. The molecule has 20 heavy (non-hydrogen) atoms. The largest absolute Gasteiger partial charge is 0.387 e. The predicted octanol–water partition coefficient (Wildman–Crippen LogP) is 0.493. The van der Waals surface area contributed by atoms with Crippen molar-refractivity contribution in [3.05, 3.63) is 35.4 Å². The minimum absolute atomic E-state index is 0.0126. The van der Waals surface area contributed by atoms with Crippen molar-refractivity contribution in [2.24, 2.45) is 11.7 Å². The number of aliphatic hydroxyl groups excluding tert-OH is 1. The standard InChI is InChI=1S/C15H25N3O2/c1-11(15(20)17-2)9-18(3)10-14(19)13-6-4-12(8-16)5-7-13/h4-7,11,14,19H,8-10,16H2,1-3H3,(H,17,20). The number of aliphatic hydroxyl groups is 1. The van der Waals surface area contributed by atoms with Gasteiger partial charge in [-0.1, -0.05) is 31.2 Å². The molecule has 1 aromatic carbocycles. The van der Waals surface area contributed by atoms with Crippen molar-refractivity contribution >= 4 is 5.91 Å². The van der Waals surface area contributed by atoms with E-state index in [1.54, 1.807) is 7.05 Å². The molecule has 0 aliphatic carbocycles. The number of nitrogens with zero attached hydrogens (tertiary/aromatic N) is 1. The summed E-state index contributed by atoms with van der Waals surface area (Å²) in [6.07, 6.45) is -0.566. The van der Waals surface area contributed by atoms with Crippen LogP contribution in [0.4, 0.5) is 0 Å². The molecular formula is C15H25N3O2. The van der Waals surface area contributed by atoms with Crippen molar-refractivity contribution in [2.75, 3.05) is 27.2 Å². The molecule has 0 radical (unpaired) electrons. The smallest absolute Gasteiger partial charge is 0.223 e. The van der Waals surface area contributed by atoms with Crippen LogP contribution in [-0.4, -0.2) is 43.1 Å². The Morgan fingerprint density at radius 3 is 2.45 bits per heavy atom. The highest BCUT2D eigenvalue weighted by atomic mass is 16.3. The molecule has 0 aliphatic heterocycles. The Morgan fingerprint density at radius 2 is 1.95 bits per heavy atom. The molecule has 112 valence electrons. The summed E-state index contributed by atoms with van der Waals surface area (Å²) >= 11 is 0. The van der Waals surface area contributed by atoms with Gasteiger partial charge in [0.2, 0.25) is 5.91 Å². The molecule has 4 N–H and O–H groups in total. The van der Waals surface area contributed by atoms with Crippen LogP contribution in [0.5, 0.6) is 0 Å². The van der Waals surface area contributed by atoms with Crippen molar-refractivity contribution in [3.8, 4) is 0 Å². The Labute approximate surface area is 120 Å². The van der Waals surface area contributed by atoms with Gasteiger partial charge in [0.05, 0.1) is 6.10 Å². The number of rotatable bonds is 7. The van der Waals surface area contributed by atoms with Crippen molar-refractivity contribution in [1.29, 1.82) is 0 Å². The van der Waals surface area contributed by atoms with E-state index in [1.165, 1.54) is 0 Å². The summed E-state index contributed by atoms with van der Waals surface area (Å²) in [5.74, 6) is -0.0875. The first-order valence-corrected chi connectivity index (χ1v) is 6.85. The van der Waals surface area contributed by atoms with Crippen LogP contribution in [0.1, 0.15) is 24.2 Å². The number of carbonyl (C=O) groups excluding carboxylic acids is 1. The zero-order chi connectivity index (χ0) is 15.1. The predicted molar refractivity (Wildman–Crippen MR) is 80.0 cm³/mol. The van der Waals surface area contributed by atoms with Gasteiger partial charge in [-0.05, 0) is 18.2 Å². The van der Waals surface area contributed by atoms with E-state index in [0.29, 0.717) is 19.6 Å². The van der Waals surface area contributed by atoms with Crippen LogP contribution in [0.15, 0.2) is 24.3 Å². The summed E-state index contributed by atoms with van der Waals surface area (Å²) < 4.78 is 0. The molecule has 0 saturated heterocycles. The van der Waals surface area contributed by atoms with E-state index in [9.17, 15) is 9.90 Å². The molecule has 5 heteroatoms. The lowest BCUT2D eigenvalue weighted by Gasteiger charge is -2.23. The van der Waals surface area contributed by atoms with E-state index in [2.05, 4.69) is 5.32 Å². The van der Waals surface area contributed by atoms with E-state index in [-0.39, 0.29) is 11.8 Å². The second-order valence-electron chi connectivity index (χ2n) is 5.20. The first kappa shape index (κ1) is 16.6. The van der Waals surface area contributed by atoms with E-state index in [4.69, 9.17) is 5.73 Å². The maximum atomic E-state index is 11.5. The zero-order valence-electron chi connectivity index (χ0n) is 12.5. The SMILES string of the molecule is CNC(=O)C(C)CN(C)CC(O)c1ccc(CN)cc1. The molecule has 2 atom stereocenters. The number of hydrogen-bond donors (Lipinski definition) is 3. The Balaban J connectivity index is 2.51. The van der Waals surface area contributed by atoms with E-state index in [1.807, 2.05) is 43.1 Å². The van der Waals surface area contributed by atoms with Crippen molar-refractivity contribution in [1.82, 2.24) is 10.2 Å². The molecule has 1 rings (SSSR count). The van der Waals surface area contributed by atoms with Gasteiger partial charge in [0, 0.05) is 32.6 Å². The molecule has 5 nitrogen and oxygen atoms in total. The lowest BCUT2D eigenvalue weighted by Crippen LogP contribution is -2.36. The quantitative estimate of drug-likeness (QED) is 0.679. The molecule has 0 spiro atoms. The van der Waals surface area contributed by atoms with Gasteiger partial charge in [-0.25, -0.2) is 0 Å². The topological polar surface area (TPSA) is 78.6 Å². The number of hydrogen-bond acceptors (Lipinski definition) is 4. The zero-order valence-corrected chi connectivity index (χ0v) is 12.5. The maximum absolute atomic E-state index is 11.5. The van der Waals surface area contributed by atoms with E-state index in [0.717, 1.165) is 11.1 Å². The Hall–Kier alpha value is -1.43. The third kappa shape index (κ3) is 4.92. The summed E-state index contributed by atoms with van der Waals surface area (Å²) in [4.78, 5) is 13.4. The summed E-state index contributed by atoms with van der Waals surface area (Å²) in [7, 11) is 3.53. The van der Waals surface area contributed by atoms with Crippen LogP contribution in [-0.2, 0) is 11.3 Å². The molecule has 0 fully saturated rings. The maximum Gasteiger partial charge on any atom is 0.223 e. The van der Waals surface area contributed by atoms with Crippen LogP contribution in [0.2, 0.25) is 0 Å². The number of nitrogens with two attached hydrogens (primary N) is 1. The number of likely N-dealkylation sites (N-methyl/N-ethyl adjacent to an activating group) is 1. The van der Waals surface area contributed by atoms with Crippen LogP contribution >= 0.6 is 0 Å². The molecule has 1 amide bonds. The molecule has 2 unspecified atom stereocenters. The van der Waals surface area contributed by atoms with Gasteiger partial charge in [0.1, 0.15) is 0 Å². The molecule has 0 aliphatic rings. The number of nitrogens with one attached hydrogen (secondary N) is 1. The first-order chi connectivity index (χ1) is 9.47. The molecule has 1 aromatic rings. The van der Waals surface area contributed by atoms with Crippen LogP contribution in [0, 0.1) is 5.92 Å². The fourth-order valence-electron chi connectivity index (χ4n) is 2.15. The third-order valence-corrected chi connectivity index (χ3v) is 3.36. The first-order valence-electron chi connectivity index (χ1n) is 6.85. The van der Waals surface area contributed by atoms with E-state index < -0.39 is 6.10 Å². The Bertz CT molecular complexity index is 420. The summed E-state index contributed by atoms with van der Waals surface area (Å²) in [5, 5.41) is 12.8. The van der Waals surface area contributed by atoms with Crippen LogP contribution in [0.25, 0.3) is 0 Å². The highest BCUT2D eigenvalue weighted by Gasteiger charge is 2.16. The summed E-state index contributed by atoms with van der Waals surface area (Å²) in [6, 6.07) is 7.63. The Morgan fingerprint density at radius 1 is 1.35 bits per heavy atom. The highest BCUT2D eigenvalue weighted by Crippen LogP contribution is 2.15. The molecule has 0 heterocycles. The highest BCUT2D eigenvalue weighted by molar-refractivity contribution is 5.78. The molecule has 0 saturated carbocycles. The second kappa shape index (κ2) is 7.99. The average molecular weight is 279 g/mol. The van der Waals surface area contributed by atoms with Gasteiger partial charge in [-0.2, -0.15) is 0 Å². The van der Waals surface area contributed by atoms with Crippen molar-refractivity contribution in [3.63, 3.8) is 0 Å². The van der Waals surface area contributed by atoms with Crippen LogP contribution in [0.3, 0.4) is 0 Å². The second-order valence-corrected chi connectivity index (χ2v) is 5.20. The summed E-state index contributed by atoms with van der Waals surface area (Å²) in [5.41, 5.74) is 7.45. The average Bonchev–Trinajstić information content (AvgIpc) is 2.46. The fraction of sp³-hybridized carbons (Fsp3) is 0.533. The Kier molecular flexibility index (Phi) is 6.64. The normalized spacial score (nSPS) is 14.1. The van der Waals surface area contributed by atoms with E-state index >= 15 is 0 Å². The lowest BCUT2D eigenvalue weighted by atomic mass is 10.1. The van der Waals surface area contributed by atoms with Gasteiger partial charge in [-0.3, -0.25) is 4.79 Å². The fourth-order valence-corrected chi connectivity index (χ4v) is 2.15. The number of carbonyl (C=O) groups is 1. The third-order valence-electron chi connectivity index (χ3n) is 3.36. The van der Waals surface area contributed by atoms with Gasteiger partial charge in [0.15, 0.2) is 0 Å². The molecule has 0 aromatic heterocycles. The monoisotopic (exact) mass is 279 g/mol. The number of amides is 1. The number of benzene rings is 1. The van der Waals surface area contributed by atoms with Crippen molar-refractivity contribution < 1.29 is 9.90 Å². The lowest BCUT2D eigenvalue weighted by molar-refractivity contribution is -0.124.